The Bertz CT molecular complexity index is 412. The van der Waals surface area contributed by atoms with Crippen molar-refractivity contribution in [3.8, 4) is 0 Å². The predicted octanol–water partition coefficient (Wildman–Crippen LogP) is 1.18. The number of hydrogen-bond donors (Lipinski definition) is 1. The first-order chi connectivity index (χ1) is 9.86. The van der Waals surface area contributed by atoms with Crippen molar-refractivity contribution in [1.82, 2.24) is 9.80 Å². The van der Waals surface area contributed by atoms with Gasteiger partial charge in [0, 0.05) is 33.1 Å². The second-order valence-electron chi connectivity index (χ2n) is 5.49. The standard InChI is InChI=1S/C14H24N2O5/c1-4-14(12(18)19)7-9-16(10-14)13(20)15(2)8-5-6-11(17)21-3/h4-10H2,1-3H3,(H,18,19). The van der Waals surface area contributed by atoms with Crippen LogP contribution in [0.3, 0.4) is 0 Å². The highest BCUT2D eigenvalue weighted by Crippen LogP contribution is 2.34. The van der Waals surface area contributed by atoms with Crippen molar-refractivity contribution in [1.29, 1.82) is 0 Å². The van der Waals surface area contributed by atoms with Crippen LogP contribution >= 0.6 is 0 Å². The molecule has 1 unspecified atom stereocenters. The summed E-state index contributed by atoms with van der Waals surface area (Å²) < 4.78 is 4.54. The molecule has 0 aromatic carbocycles. The average molecular weight is 300 g/mol. The second kappa shape index (κ2) is 7.28. The summed E-state index contributed by atoms with van der Waals surface area (Å²) in [6.45, 7) is 2.98. The number of hydrogen-bond acceptors (Lipinski definition) is 4. The molecule has 0 aromatic heterocycles. The molecule has 1 saturated heterocycles. The molecule has 21 heavy (non-hydrogen) atoms. The van der Waals surface area contributed by atoms with Crippen molar-refractivity contribution in [3.63, 3.8) is 0 Å². The van der Waals surface area contributed by atoms with E-state index >= 15 is 0 Å². The highest BCUT2D eigenvalue weighted by molar-refractivity contribution is 5.79. The third-order valence-electron chi connectivity index (χ3n) is 4.18. The highest BCUT2D eigenvalue weighted by atomic mass is 16.5. The van der Waals surface area contributed by atoms with E-state index in [1.54, 1.807) is 11.9 Å². The van der Waals surface area contributed by atoms with Crippen molar-refractivity contribution in [2.75, 3.05) is 33.8 Å². The maximum Gasteiger partial charge on any atom is 0.319 e. The fraction of sp³-hybridized carbons (Fsp3) is 0.786. The molecular formula is C14H24N2O5. The SMILES string of the molecule is CCC1(C(=O)O)CCN(C(=O)N(C)CCCC(=O)OC)C1. The van der Waals surface area contributed by atoms with Gasteiger partial charge in [-0.15, -0.1) is 0 Å². The predicted molar refractivity (Wildman–Crippen MR) is 75.8 cm³/mol. The van der Waals surface area contributed by atoms with E-state index in [4.69, 9.17) is 0 Å². The molecule has 0 saturated carbocycles. The summed E-state index contributed by atoms with van der Waals surface area (Å²) in [5.41, 5.74) is -0.817. The van der Waals surface area contributed by atoms with Crippen LogP contribution in [0.4, 0.5) is 4.79 Å². The lowest BCUT2D eigenvalue weighted by molar-refractivity contribution is -0.148. The number of carboxylic acid groups (broad SMARTS) is 1. The lowest BCUT2D eigenvalue weighted by Crippen LogP contribution is -2.42. The number of rotatable bonds is 6. The van der Waals surface area contributed by atoms with Crippen LogP contribution in [-0.2, 0) is 14.3 Å². The molecule has 120 valence electrons. The van der Waals surface area contributed by atoms with Crippen molar-refractivity contribution in [2.45, 2.75) is 32.6 Å². The Morgan fingerprint density at radius 2 is 2.05 bits per heavy atom. The van der Waals surface area contributed by atoms with E-state index in [1.165, 1.54) is 12.0 Å². The van der Waals surface area contributed by atoms with Crippen LogP contribution in [0.1, 0.15) is 32.6 Å². The fourth-order valence-electron chi connectivity index (χ4n) is 2.55. The Morgan fingerprint density at radius 3 is 2.52 bits per heavy atom. The lowest BCUT2D eigenvalue weighted by Gasteiger charge is -2.27. The zero-order valence-corrected chi connectivity index (χ0v) is 12.9. The molecule has 1 rings (SSSR count). The number of aliphatic carboxylic acids is 1. The van der Waals surface area contributed by atoms with E-state index in [1.807, 2.05) is 6.92 Å². The smallest absolute Gasteiger partial charge is 0.319 e. The summed E-state index contributed by atoms with van der Waals surface area (Å²) in [5, 5.41) is 9.33. The van der Waals surface area contributed by atoms with Gasteiger partial charge < -0.3 is 19.6 Å². The summed E-state index contributed by atoms with van der Waals surface area (Å²) >= 11 is 0. The number of methoxy groups -OCH3 is 1. The molecule has 0 aliphatic carbocycles. The minimum Gasteiger partial charge on any atom is -0.481 e. The van der Waals surface area contributed by atoms with Crippen LogP contribution in [0.25, 0.3) is 0 Å². The van der Waals surface area contributed by atoms with Crippen molar-refractivity contribution >= 4 is 18.0 Å². The Morgan fingerprint density at radius 1 is 1.38 bits per heavy atom. The van der Waals surface area contributed by atoms with Gasteiger partial charge in [-0.2, -0.15) is 0 Å². The van der Waals surface area contributed by atoms with Gasteiger partial charge in [0.25, 0.3) is 0 Å². The van der Waals surface area contributed by atoms with Crippen LogP contribution in [0.2, 0.25) is 0 Å². The van der Waals surface area contributed by atoms with Crippen molar-refractivity contribution in [3.05, 3.63) is 0 Å². The van der Waals surface area contributed by atoms with E-state index < -0.39 is 11.4 Å². The molecular weight excluding hydrogens is 276 g/mol. The van der Waals surface area contributed by atoms with Gasteiger partial charge in [-0.3, -0.25) is 9.59 Å². The van der Waals surface area contributed by atoms with Gasteiger partial charge in [0.1, 0.15) is 0 Å². The molecule has 1 heterocycles. The van der Waals surface area contributed by atoms with E-state index in [9.17, 15) is 19.5 Å². The Balaban J connectivity index is 2.49. The number of carbonyl (C=O) groups excluding carboxylic acids is 2. The summed E-state index contributed by atoms with van der Waals surface area (Å²) in [7, 11) is 2.99. The Labute approximate surface area is 124 Å². The number of likely N-dealkylation sites (tertiary alicyclic amines) is 1. The molecule has 1 aliphatic heterocycles. The molecule has 0 bridgehead atoms. The number of carboxylic acids is 1. The quantitative estimate of drug-likeness (QED) is 0.744. The van der Waals surface area contributed by atoms with Gasteiger partial charge in [-0.25, -0.2) is 4.79 Å². The number of carbonyl (C=O) groups is 3. The minimum atomic E-state index is -0.839. The number of nitrogens with zero attached hydrogens (tertiary/aromatic N) is 2. The zero-order valence-electron chi connectivity index (χ0n) is 12.9. The Hall–Kier alpha value is -1.79. The van der Waals surface area contributed by atoms with Crippen LogP contribution in [0.15, 0.2) is 0 Å². The van der Waals surface area contributed by atoms with E-state index in [0.717, 1.165) is 0 Å². The van der Waals surface area contributed by atoms with Crippen LogP contribution < -0.4 is 0 Å². The first-order valence-electron chi connectivity index (χ1n) is 7.16. The molecule has 1 atom stereocenters. The summed E-state index contributed by atoms with van der Waals surface area (Å²) in [6.07, 6.45) is 1.79. The molecule has 0 spiro atoms. The summed E-state index contributed by atoms with van der Waals surface area (Å²) in [6, 6.07) is -0.184. The maximum atomic E-state index is 12.3. The summed E-state index contributed by atoms with van der Waals surface area (Å²) in [4.78, 5) is 37.7. The number of ether oxygens (including phenoxy) is 1. The molecule has 7 heteroatoms. The normalized spacial score (nSPS) is 21.2. The zero-order chi connectivity index (χ0) is 16.0. The maximum absolute atomic E-state index is 12.3. The molecule has 7 nitrogen and oxygen atoms in total. The fourth-order valence-corrected chi connectivity index (χ4v) is 2.55. The molecule has 0 radical (unpaired) electrons. The van der Waals surface area contributed by atoms with E-state index in [2.05, 4.69) is 4.74 Å². The highest BCUT2D eigenvalue weighted by Gasteiger charge is 2.45. The molecule has 1 aliphatic rings. The van der Waals surface area contributed by atoms with Gasteiger partial charge in [0.15, 0.2) is 0 Å². The largest absolute Gasteiger partial charge is 0.481 e. The van der Waals surface area contributed by atoms with Gasteiger partial charge >= 0.3 is 18.0 Å². The number of esters is 1. The molecule has 1 N–H and O–H groups in total. The molecule has 1 fully saturated rings. The van der Waals surface area contributed by atoms with Crippen LogP contribution in [0, 0.1) is 5.41 Å². The van der Waals surface area contributed by atoms with Crippen molar-refractivity contribution < 1.29 is 24.2 Å². The molecule has 2 amide bonds. The third-order valence-corrected chi connectivity index (χ3v) is 4.18. The lowest BCUT2D eigenvalue weighted by atomic mass is 9.84. The van der Waals surface area contributed by atoms with Gasteiger partial charge in [0.05, 0.1) is 12.5 Å². The monoisotopic (exact) mass is 300 g/mol. The van der Waals surface area contributed by atoms with Crippen LogP contribution in [-0.4, -0.2) is 66.7 Å². The van der Waals surface area contributed by atoms with E-state index in [-0.39, 0.29) is 25.0 Å². The first-order valence-corrected chi connectivity index (χ1v) is 7.16. The second-order valence-corrected chi connectivity index (χ2v) is 5.49. The first kappa shape index (κ1) is 17.3. The van der Waals surface area contributed by atoms with Gasteiger partial charge in [0.2, 0.25) is 0 Å². The molecule has 0 aromatic rings. The van der Waals surface area contributed by atoms with Crippen LogP contribution in [0.5, 0.6) is 0 Å². The summed E-state index contributed by atoms with van der Waals surface area (Å²) in [5.74, 6) is -1.14. The average Bonchev–Trinajstić information content (AvgIpc) is 2.91. The minimum absolute atomic E-state index is 0.184. The van der Waals surface area contributed by atoms with E-state index in [0.29, 0.717) is 32.4 Å². The number of amides is 2. The van der Waals surface area contributed by atoms with Crippen molar-refractivity contribution in [2.24, 2.45) is 5.41 Å². The topological polar surface area (TPSA) is 87.2 Å². The number of urea groups is 1. The van der Waals surface area contributed by atoms with Gasteiger partial charge in [-0.1, -0.05) is 6.92 Å². The third kappa shape index (κ3) is 4.09. The Kier molecular flexibility index (Phi) is 5.99. The van der Waals surface area contributed by atoms with Gasteiger partial charge in [-0.05, 0) is 19.3 Å².